The Balaban J connectivity index is 1.32. The van der Waals surface area contributed by atoms with E-state index in [-0.39, 0.29) is 18.5 Å². The van der Waals surface area contributed by atoms with Crippen LogP contribution in [0, 0.1) is 0 Å². The number of methoxy groups -OCH3 is 1. The summed E-state index contributed by atoms with van der Waals surface area (Å²) in [4.78, 5) is 12.6. The standard InChI is InChI=1S/C23H20N4O5S/c1-29-17-7-4-15(5-8-17)22-25-26-23(27(22)12-18-3-2-10-30-18)33-13-21(28)24-16-6-9-19-20(11-16)32-14-31-19/h2-11H,12-14H2,1H3,(H,24,28). The van der Waals surface area contributed by atoms with Gasteiger partial charge in [-0.25, -0.2) is 0 Å². The van der Waals surface area contributed by atoms with E-state index in [9.17, 15) is 4.79 Å². The largest absolute Gasteiger partial charge is 0.497 e. The third-order valence-corrected chi connectivity index (χ3v) is 5.91. The Hall–Kier alpha value is -3.92. The second kappa shape index (κ2) is 9.29. The van der Waals surface area contributed by atoms with Crippen LogP contribution in [0.15, 0.2) is 70.4 Å². The maximum atomic E-state index is 12.6. The highest BCUT2D eigenvalue weighted by atomic mass is 32.2. The van der Waals surface area contributed by atoms with Crippen LogP contribution >= 0.6 is 11.8 Å². The molecule has 5 rings (SSSR count). The molecule has 1 aliphatic rings. The summed E-state index contributed by atoms with van der Waals surface area (Å²) in [6, 6.07) is 16.6. The van der Waals surface area contributed by atoms with Crippen molar-refractivity contribution < 1.29 is 23.4 Å². The predicted molar refractivity (Wildman–Crippen MR) is 122 cm³/mol. The van der Waals surface area contributed by atoms with Crippen molar-refractivity contribution in [3.63, 3.8) is 0 Å². The quantitative estimate of drug-likeness (QED) is 0.390. The Morgan fingerprint density at radius 3 is 2.76 bits per heavy atom. The van der Waals surface area contributed by atoms with E-state index in [0.29, 0.717) is 34.7 Å². The van der Waals surface area contributed by atoms with Crippen LogP contribution in [0.4, 0.5) is 5.69 Å². The zero-order chi connectivity index (χ0) is 22.6. The Kier molecular flexibility index (Phi) is 5.90. The molecule has 4 aromatic rings. The molecule has 33 heavy (non-hydrogen) atoms. The van der Waals surface area contributed by atoms with E-state index < -0.39 is 0 Å². The number of furan rings is 1. The van der Waals surface area contributed by atoms with Gasteiger partial charge in [0.2, 0.25) is 12.7 Å². The Morgan fingerprint density at radius 1 is 1.12 bits per heavy atom. The number of carbonyl (C=O) groups is 1. The lowest BCUT2D eigenvalue weighted by molar-refractivity contribution is -0.113. The summed E-state index contributed by atoms with van der Waals surface area (Å²) in [6.45, 7) is 0.623. The molecule has 0 spiro atoms. The van der Waals surface area contributed by atoms with E-state index in [1.165, 1.54) is 11.8 Å². The minimum atomic E-state index is -0.169. The highest BCUT2D eigenvalue weighted by Gasteiger charge is 2.18. The number of ether oxygens (including phenoxy) is 3. The van der Waals surface area contributed by atoms with Crippen molar-refractivity contribution >= 4 is 23.4 Å². The molecule has 0 saturated carbocycles. The molecule has 1 amide bonds. The lowest BCUT2D eigenvalue weighted by Crippen LogP contribution is -2.14. The van der Waals surface area contributed by atoms with Gasteiger partial charge in [0.05, 0.1) is 25.7 Å². The molecular formula is C23H20N4O5S. The highest BCUT2D eigenvalue weighted by Crippen LogP contribution is 2.34. The number of hydrogen-bond acceptors (Lipinski definition) is 8. The average molecular weight is 465 g/mol. The van der Waals surface area contributed by atoms with Crippen molar-refractivity contribution in [2.45, 2.75) is 11.7 Å². The second-order valence-corrected chi connectivity index (χ2v) is 8.05. The van der Waals surface area contributed by atoms with Gasteiger partial charge in [0.15, 0.2) is 22.5 Å². The van der Waals surface area contributed by atoms with Crippen LogP contribution in [0.1, 0.15) is 5.76 Å². The van der Waals surface area contributed by atoms with E-state index in [1.54, 1.807) is 31.6 Å². The first kappa shape index (κ1) is 21.0. The smallest absolute Gasteiger partial charge is 0.234 e. The molecule has 1 N–H and O–H groups in total. The van der Waals surface area contributed by atoms with Crippen molar-refractivity contribution in [1.82, 2.24) is 14.8 Å². The van der Waals surface area contributed by atoms with Gasteiger partial charge in [-0.1, -0.05) is 11.8 Å². The van der Waals surface area contributed by atoms with Crippen molar-refractivity contribution in [2.24, 2.45) is 0 Å². The van der Waals surface area contributed by atoms with Crippen molar-refractivity contribution in [3.8, 4) is 28.6 Å². The van der Waals surface area contributed by atoms with Crippen LogP contribution in [-0.2, 0) is 11.3 Å². The first-order valence-electron chi connectivity index (χ1n) is 10.1. The first-order valence-corrected chi connectivity index (χ1v) is 11.1. The molecule has 168 valence electrons. The van der Waals surface area contributed by atoms with Crippen molar-refractivity contribution in [3.05, 3.63) is 66.6 Å². The van der Waals surface area contributed by atoms with Gasteiger partial charge in [-0.15, -0.1) is 10.2 Å². The fourth-order valence-electron chi connectivity index (χ4n) is 3.35. The number of aromatic nitrogens is 3. The molecule has 9 nitrogen and oxygen atoms in total. The van der Waals surface area contributed by atoms with Gasteiger partial charge in [-0.2, -0.15) is 0 Å². The third-order valence-electron chi connectivity index (χ3n) is 4.95. The van der Waals surface area contributed by atoms with E-state index >= 15 is 0 Å². The van der Waals surface area contributed by atoms with Crippen LogP contribution < -0.4 is 19.5 Å². The van der Waals surface area contributed by atoms with E-state index in [2.05, 4.69) is 15.5 Å². The number of rotatable bonds is 8. The van der Waals surface area contributed by atoms with Gasteiger partial charge in [-0.3, -0.25) is 9.36 Å². The zero-order valence-electron chi connectivity index (χ0n) is 17.7. The number of hydrogen-bond donors (Lipinski definition) is 1. The number of fused-ring (bicyclic) bond motifs is 1. The molecule has 0 atom stereocenters. The molecule has 0 radical (unpaired) electrons. The monoisotopic (exact) mass is 464 g/mol. The van der Waals surface area contributed by atoms with Crippen molar-refractivity contribution in [2.75, 3.05) is 25.0 Å². The lowest BCUT2D eigenvalue weighted by Gasteiger charge is -2.10. The van der Waals surface area contributed by atoms with Crippen LogP contribution in [0.3, 0.4) is 0 Å². The second-order valence-electron chi connectivity index (χ2n) is 7.11. The maximum absolute atomic E-state index is 12.6. The summed E-state index contributed by atoms with van der Waals surface area (Å²) in [5.41, 5.74) is 1.52. The van der Waals surface area contributed by atoms with Crippen LogP contribution in [0.2, 0.25) is 0 Å². The molecule has 0 bridgehead atoms. The number of carbonyl (C=O) groups excluding carboxylic acids is 1. The molecule has 2 aromatic heterocycles. The highest BCUT2D eigenvalue weighted by molar-refractivity contribution is 7.99. The summed E-state index contributed by atoms with van der Waals surface area (Å²) in [5, 5.41) is 12.2. The fourth-order valence-corrected chi connectivity index (χ4v) is 4.09. The summed E-state index contributed by atoms with van der Waals surface area (Å²) in [7, 11) is 1.62. The van der Waals surface area contributed by atoms with Gasteiger partial charge in [-0.05, 0) is 48.5 Å². The molecule has 2 aromatic carbocycles. The number of nitrogens with zero attached hydrogens (tertiary/aromatic N) is 3. The van der Waals surface area contributed by atoms with E-state index in [1.807, 2.05) is 41.0 Å². The van der Waals surface area contributed by atoms with Crippen molar-refractivity contribution in [1.29, 1.82) is 0 Å². The van der Waals surface area contributed by atoms with Gasteiger partial charge in [0, 0.05) is 17.3 Å². The Morgan fingerprint density at radius 2 is 1.97 bits per heavy atom. The number of benzene rings is 2. The molecule has 0 unspecified atom stereocenters. The normalized spacial score (nSPS) is 12.0. The SMILES string of the molecule is COc1ccc(-c2nnc(SCC(=O)Nc3ccc4c(c3)OCO4)n2Cc2ccco2)cc1. The Labute approximate surface area is 193 Å². The minimum Gasteiger partial charge on any atom is -0.497 e. The van der Waals surface area contributed by atoms with Gasteiger partial charge in [0.25, 0.3) is 0 Å². The summed E-state index contributed by atoms with van der Waals surface area (Å²) >= 11 is 1.30. The van der Waals surface area contributed by atoms with Gasteiger partial charge in [0.1, 0.15) is 11.5 Å². The maximum Gasteiger partial charge on any atom is 0.234 e. The number of anilines is 1. The van der Waals surface area contributed by atoms with Gasteiger partial charge < -0.3 is 23.9 Å². The molecule has 0 saturated heterocycles. The fraction of sp³-hybridized carbons (Fsp3) is 0.174. The Bertz CT molecular complexity index is 1250. The van der Waals surface area contributed by atoms with Crippen LogP contribution in [0.25, 0.3) is 11.4 Å². The number of thioether (sulfide) groups is 1. The zero-order valence-corrected chi connectivity index (χ0v) is 18.5. The van der Waals surface area contributed by atoms with Gasteiger partial charge >= 0.3 is 0 Å². The lowest BCUT2D eigenvalue weighted by atomic mass is 10.2. The summed E-state index contributed by atoms with van der Waals surface area (Å²) < 4.78 is 23.4. The number of amides is 1. The molecule has 3 heterocycles. The molecule has 0 aliphatic carbocycles. The topological polar surface area (TPSA) is 101 Å². The predicted octanol–water partition coefficient (Wildman–Crippen LogP) is 4.05. The van der Waals surface area contributed by atoms with E-state index in [0.717, 1.165) is 17.1 Å². The first-order chi connectivity index (χ1) is 16.2. The summed E-state index contributed by atoms with van der Waals surface area (Å²) in [6.07, 6.45) is 1.62. The molecule has 1 aliphatic heterocycles. The molecule has 10 heteroatoms. The average Bonchev–Trinajstić information content (AvgIpc) is 3.59. The summed E-state index contributed by atoms with van der Waals surface area (Å²) in [5.74, 6) is 3.46. The minimum absolute atomic E-state index is 0.160. The van der Waals surface area contributed by atoms with E-state index in [4.69, 9.17) is 18.6 Å². The molecule has 0 fully saturated rings. The van der Waals surface area contributed by atoms with Crippen LogP contribution in [0.5, 0.6) is 17.2 Å². The molecular weight excluding hydrogens is 444 g/mol. The number of nitrogens with one attached hydrogen (secondary N) is 1. The van der Waals surface area contributed by atoms with Crippen LogP contribution in [-0.4, -0.2) is 40.3 Å². The third kappa shape index (κ3) is 4.65.